The van der Waals surface area contributed by atoms with E-state index in [0.29, 0.717) is 21.2 Å². The number of nitrogens with two attached hydrogens (primary N) is 1. The predicted octanol–water partition coefficient (Wildman–Crippen LogP) is 5.57. The maximum Gasteiger partial charge on any atom is 0.416 e. The lowest BCUT2D eigenvalue weighted by atomic mass is 10.0. The molecule has 0 amide bonds. The Balaban J connectivity index is 0.00000186. The van der Waals surface area contributed by atoms with Gasteiger partial charge in [-0.2, -0.15) is 13.2 Å². The summed E-state index contributed by atoms with van der Waals surface area (Å²) in [5.41, 5.74) is 3.88. The number of nitrogens with zero attached hydrogens (tertiary/aromatic N) is 3. The highest BCUT2D eigenvalue weighted by Crippen LogP contribution is 2.39. The summed E-state index contributed by atoms with van der Waals surface area (Å²) >= 11 is 9.45. The van der Waals surface area contributed by atoms with Crippen molar-refractivity contribution in [2.24, 2.45) is 5.73 Å². The fraction of sp³-hybridized carbons (Fsp3) is 0.440. The van der Waals surface area contributed by atoms with Gasteiger partial charge in [0.15, 0.2) is 0 Å². The Morgan fingerprint density at radius 2 is 1.81 bits per heavy atom. The highest BCUT2D eigenvalue weighted by molar-refractivity contribution is 9.10. The summed E-state index contributed by atoms with van der Waals surface area (Å²) in [6.45, 7) is 3.36. The molecular weight excluding hydrogens is 593 g/mol. The van der Waals surface area contributed by atoms with Crippen LogP contribution in [0.4, 0.5) is 13.2 Å². The fourth-order valence-corrected chi connectivity index (χ4v) is 6.19. The van der Waals surface area contributed by atoms with Gasteiger partial charge in [0, 0.05) is 26.7 Å². The maximum atomic E-state index is 14.1. The molecule has 1 atom stereocenters. The van der Waals surface area contributed by atoms with Crippen LogP contribution in [-0.2, 0) is 30.1 Å². The first-order valence-electron chi connectivity index (χ1n) is 11.8. The minimum absolute atomic E-state index is 0.0160. The molecule has 1 unspecified atom stereocenters. The van der Waals surface area contributed by atoms with Gasteiger partial charge in [-0.1, -0.05) is 24.9 Å². The molecule has 3 aromatic rings. The largest absolute Gasteiger partial charge is 0.416 e. The van der Waals surface area contributed by atoms with Crippen molar-refractivity contribution < 1.29 is 17.4 Å². The molecule has 37 heavy (non-hydrogen) atoms. The van der Waals surface area contributed by atoms with Crippen LogP contribution in [0, 0.1) is 0 Å². The van der Waals surface area contributed by atoms with Crippen molar-refractivity contribution in [3.63, 3.8) is 0 Å². The number of alkyl halides is 3. The number of benzene rings is 2. The van der Waals surface area contributed by atoms with Crippen LogP contribution >= 0.6 is 27.5 Å². The first-order chi connectivity index (χ1) is 17.6. The molecule has 4 rings (SSSR count). The number of hydrogen-bond donors (Lipinski definition) is 1. The van der Waals surface area contributed by atoms with Crippen LogP contribution in [0.3, 0.4) is 0 Å². The van der Waals surface area contributed by atoms with Gasteiger partial charge in [0.1, 0.15) is 0 Å². The van der Waals surface area contributed by atoms with E-state index in [1.807, 2.05) is 4.90 Å². The first-order valence-corrected chi connectivity index (χ1v) is 14.3. The Labute approximate surface area is 229 Å². The highest BCUT2D eigenvalue weighted by Gasteiger charge is 2.36. The fourth-order valence-electron chi connectivity index (χ4n) is 4.40. The zero-order chi connectivity index (χ0) is 27.3. The second-order valence-electron chi connectivity index (χ2n) is 8.51. The van der Waals surface area contributed by atoms with Crippen molar-refractivity contribution in [3.05, 3.63) is 67.1 Å². The average Bonchev–Trinajstić information content (AvgIpc) is 2.88. The van der Waals surface area contributed by atoms with Crippen LogP contribution < -0.4 is 11.3 Å². The summed E-state index contributed by atoms with van der Waals surface area (Å²) in [4.78, 5) is 20.2. The minimum Gasteiger partial charge on any atom is -0.333 e. The van der Waals surface area contributed by atoms with Gasteiger partial charge in [-0.3, -0.25) is 18.5 Å². The minimum atomic E-state index is -4.63. The van der Waals surface area contributed by atoms with Crippen molar-refractivity contribution in [2.45, 2.75) is 50.3 Å². The molecule has 1 aliphatic rings. The summed E-state index contributed by atoms with van der Waals surface area (Å²) in [5, 5.41) is 0.275. The van der Waals surface area contributed by atoms with Crippen molar-refractivity contribution in [1.82, 2.24) is 14.5 Å². The van der Waals surface area contributed by atoms with Crippen LogP contribution in [0.2, 0.25) is 5.02 Å². The zero-order valence-electron chi connectivity index (χ0n) is 20.6. The number of rotatable bonds is 6. The van der Waals surface area contributed by atoms with Gasteiger partial charge < -0.3 is 5.73 Å². The normalized spacial score (nSPS) is 15.4. The van der Waals surface area contributed by atoms with Crippen molar-refractivity contribution in [1.29, 1.82) is 0 Å². The number of fused-ring (bicyclic) bond motifs is 1. The molecule has 12 heteroatoms. The van der Waals surface area contributed by atoms with Crippen molar-refractivity contribution in [3.8, 4) is 0 Å². The third kappa shape index (κ3) is 6.81. The van der Waals surface area contributed by atoms with E-state index in [4.69, 9.17) is 11.6 Å². The number of hydrogen-bond acceptors (Lipinski definition) is 5. The third-order valence-electron chi connectivity index (χ3n) is 6.17. The van der Waals surface area contributed by atoms with Crippen LogP contribution in [0.1, 0.15) is 42.9 Å². The van der Waals surface area contributed by atoms with E-state index in [1.165, 1.54) is 17.9 Å². The summed E-state index contributed by atoms with van der Waals surface area (Å²) in [6.07, 6.45) is -0.351. The van der Waals surface area contributed by atoms with Gasteiger partial charge in [0.2, 0.25) is 0 Å². The standard InChI is InChI=1S/C24H24BrClF3N3O2S.CH5N/c1-2-35(34)20-7-6-16(26)10-15(20)12-32-14-30-22-17(23(32)33)11-19(24(27,28)29)18(21(22)25)13-31-8-4-3-5-9-31;1-2/h6-7,10-11,14H,2-5,8-9,12-13H2,1H3;2H2,1H3. The van der Waals surface area contributed by atoms with Crippen LogP contribution in [0.25, 0.3) is 10.9 Å². The monoisotopic (exact) mass is 620 g/mol. The van der Waals surface area contributed by atoms with Crippen LogP contribution in [0.15, 0.2) is 44.8 Å². The van der Waals surface area contributed by atoms with Gasteiger partial charge >= 0.3 is 6.18 Å². The first kappa shape index (κ1) is 29.8. The SMILES string of the molecule is CCS(=O)c1ccc(Cl)cc1Cn1cnc2c(Br)c(CN3CCCCC3)c(C(F)(F)F)cc2c1=O.CN. The lowest BCUT2D eigenvalue weighted by Gasteiger charge is -2.28. The Bertz CT molecular complexity index is 1340. The average molecular weight is 622 g/mol. The molecule has 2 aromatic carbocycles. The lowest BCUT2D eigenvalue weighted by molar-refractivity contribution is -0.138. The van der Waals surface area contributed by atoms with E-state index in [9.17, 15) is 22.2 Å². The topological polar surface area (TPSA) is 81.2 Å². The zero-order valence-corrected chi connectivity index (χ0v) is 23.7. The molecule has 1 aromatic heterocycles. The van der Waals surface area contributed by atoms with Crippen molar-refractivity contribution >= 4 is 49.2 Å². The summed E-state index contributed by atoms with van der Waals surface area (Å²) < 4.78 is 56.2. The molecule has 0 spiro atoms. The second kappa shape index (κ2) is 12.8. The highest BCUT2D eigenvalue weighted by atomic mass is 79.9. The van der Waals surface area contributed by atoms with E-state index >= 15 is 0 Å². The number of piperidine rings is 1. The van der Waals surface area contributed by atoms with Gasteiger partial charge in [-0.15, -0.1) is 0 Å². The van der Waals surface area contributed by atoms with E-state index in [1.54, 1.807) is 25.1 Å². The molecular formula is C25H29BrClF3N4O2S. The molecule has 0 bridgehead atoms. The van der Waals surface area contributed by atoms with Gasteiger partial charge in [-0.25, -0.2) is 4.98 Å². The van der Waals surface area contributed by atoms with Gasteiger partial charge in [0.25, 0.3) is 5.56 Å². The second-order valence-corrected chi connectivity index (χ2v) is 11.4. The predicted molar refractivity (Wildman–Crippen MR) is 145 cm³/mol. The third-order valence-corrected chi connectivity index (χ3v) is 8.67. The van der Waals surface area contributed by atoms with Gasteiger partial charge in [0.05, 0.1) is 40.1 Å². The molecule has 1 saturated heterocycles. The molecule has 1 aliphatic heterocycles. The summed E-state index contributed by atoms with van der Waals surface area (Å²) in [5.74, 6) is 0.376. The van der Waals surface area contributed by atoms with Gasteiger partial charge in [-0.05, 0) is 84.3 Å². The number of halogens is 5. The van der Waals surface area contributed by atoms with E-state index in [0.717, 1.165) is 38.4 Å². The Morgan fingerprint density at radius 1 is 1.14 bits per heavy atom. The number of likely N-dealkylation sites (tertiary alicyclic amines) is 1. The molecule has 202 valence electrons. The van der Waals surface area contributed by atoms with Crippen molar-refractivity contribution in [2.75, 3.05) is 25.9 Å². The number of aromatic nitrogens is 2. The van der Waals surface area contributed by atoms with Crippen LogP contribution in [0.5, 0.6) is 0 Å². The van der Waals surface area contributed by atoms with E-state index in [2.05, 4.69) is 26.6 Å². The summed E-state index contributed by atoms with van der Waals surface area (Å²) in [6, 6.07) is 5.78. The van der Waals surface area contributed by atoms with Crippen LogP contribution in [-0.4, -0.2) is 44.5 Å². The molecule has 6 nitrogen and oxygen atoms in total. The molecule has 0 radical (unpaired) electrons. The Hall–Kier alpha value is -1.79. The molecule has 2 N–H and O–H groups in total. The maximum absolute atomic E-state index is 14.1. The van der Waals surface area contributed by atoms with E-state index in [-0.39, 0.29) is 34.0 Å². The molecule has 0 saturated carbocycles. The smallest absolute Gasteiger partial charge is 0.333 e. The molecule has 2 heterocycles. The Kier molecular flexibility index (Phi) is 10.3. The lowest BCUT2D eigenvalue weighted by Crippen LogP contribution is -2.30. The van der Waals surface area contributed by atoms with E-state index < -0.39 is 28.1 Å². The summed E-state index contributed by atoms with van der Waals surface area (Å²) in [7, 11) is 0.201. The Morgan fingerprint density at radius 3 is 2.43 bits per heavy atom. The quantitative estimate of drug-likeness (QED) is 0.390. The molecule has 0 aliphatic carbocycles. The molecule has 1 fully saturated rings.